The van der Waals surface area contributed by atoms with Gasteiger partial charge in [0.2, 0.25) is 0 Å². The second-order valence-corrected chi connectivity index (χ2v) is 7.03. The fourth-order valence-corrected chi connectivity index (χ4v) is 2.80. The summed E-state index contributed by atoms with van der Waals surface area (Å²) in [5.41, 5.74) is 4.13. The molecule has 0 unspecified atom stereocenters. The number of carbonyl (C=O) groups is 3. The Kier molecular flexibility index (Phi) is 8.52. The lowest BCUT2D eigenvalue weighted by Gasteiger charge is -2.09. The lowest BCUT2D eigenvalue weighted by molar-refractivity contribution is -0.115. The average molecular weight is 418 g/mol. The van der Waals surface area contributed by atoms with Gasteiger partial charge in [0, 0.05) is 18.4 Å². The normalized spacial score (nSPS) is 9.77. The number of benzene rings is 3. The van der Waals surface area contributed by atoms with Gasteiger partial charge in [0.05, 0.1) is 11.1 Å². The highest BCUT2D eigenvalue weighted by atomic mass is 16.4. The molecule has 6 heteroatoms. The highest BCUT2D eigenvalue weighted by molar-refractivity contribution is 6.10. The first-order valence-corrected chi connectivity index (χ1v) is 9.76. The van der Waals surface area contributed by atoms with E-state index in [-0.39, 0.29) is 16.9 Å². The van der Waals surface area contributed by atoms with Crippen LogP contribution in [0.15, 0.2) is 72.8 Å². The third-order valence-corrected chi connectivity index (χ3v) is 4.26. The number of hydrogen-bond acceptors (Lipinski definition) is 4. The van der Waals surface area contributed by atoms with E-state index in [4.69, 9.17) is 0 Å². The summed E-state index contributed by atoms with van der Waals surface area (Å²) < 4.78 is 0. The maximum atomic E-state index is 12.4. The van der Waals surface area contributed by atoms with Crippen LogP contribution in [0.5, 0.6) is 0 Å². The number of nitrogens with one attached hydrogen (secondary N) is 2. The Bertz CT molecular complexity index is 1040. The van der Waals surface area contributed by atoms with E-state index in [1.807, 2.05) is 43.4 Å². The first-order valence-electron chi connectivity index (χ1n) is 9.76. The maximum absolute atomic E-state index is 12.4. The van der Waals surface area contributed by atoms with Gasteiger partial charge in [-0.25, -0.2) is 4.79 Å². The van der Waals surface area contributed by atoms with E-state index in [0.717, 1.165) is 17.7 Å². The smallest absolute Gasteiger partial charge is 0.336 e. The molecule has 0 atom stereocenters. The molecule has 3 aromatic rings. The Balaban J connectivity index is 0.000000785. The zero-order valence-electron chi connectivity index (χ0n) is 17.8. The van der Waals surface area contributed by atoms with Gasteiger partial charge in [0.1, 0.15) is 5.78 Å². The summed E-state index contributed by atoms with van der Waals surface area (Å²) in [6, 6.07) is 21.9. The van der Waals surface area contributed by atoms with Crippen molar-refractivity contribution in [3.05, 3.63) is 95.1 Å². The van der Waals surface area contributed by atoms with Crippen molar-refractivity contribution in [1.29, 1.82) is 0 Å². The van der Waals surface area contributed by atoms with Crippen molar-refractivity contribution < 1.29 is 19.5 Å². The van der Waals surface area contributed by atoms with Gasteiger partial charge < -0.3 is 20.5 Å². The number of amides is 1. The van der Waals surface area contributed by atoms with Crippen LogP contribution < -0.4 is 10.6 Å². The zero-order chi connectivity index (χ0) is 22.8. The van der Waals surface area contributed by atoms with E-state index < -0.39 is 11.9 Å². The topological polar surface area (TPSA) is 95.5 Å². The Morgan fingerprint density at radius 3 is 1.65 bits per heavy atom. The van der Waals surface area contributed by atoms with Gasteiger partial charge in [-0.2, -0.15) is 0 Å². The second kappa shape index (κ2) is 11.3. The molecular formula is C25H26N2O4. The van der Waals surface area contributed by atoms with Crippen LogP contribution in [0.4, 0.5) is 11.4 Å². The van der Waals surface area contributed by atoms with Crippen molar-refractivity contribution in [2.75, 3.05) is 17.7 Å². The number of carboxylic acids is 1. The van der Waals surface area contributed by atoms with Crippen molar-refractivity contribution in [2.24, 2.45) is 0 Å². The van der Waals surface area contributed by atoms with Gasteiger partial charge in [0.25, 0.3) is 5.91 Å². The van der Waals surface area contributed by atoms with Crippen LogP contribution in [0, 0.1) is 0 Å². The molecule has 0 saturated carbocycles. The summed E-state index contributed by atoms with van der Waals surface area (Å²) >= 11 is 0. The van der Waals surface area contributed by atoms with E-state index in [2.05, 4.69) is 22.8 Å². The Labute approximate surface area is 181 Å². The average Bonchev–Trinajstić information content (AvgIpc) is 2.75. The predicted octanol–water partition coefficient (Wildman–Crippen LogP) is 4.86. The predicted molar refractivity (Wildman–Crippen MR) is 123 cm³/mol. The van der Waals surface area contributed by atoms with Crippen LogP contribution in [0.2, 0.25) is 0 Å². The zero-order valence-corrected chi connectivity index (χ0v) is 17.8. The Morgan fingerprint density at radius 1 is 0.742 bits per heavy atom. The number of carbonyl (C=O) groups excluding carboxylic acids is 2. The van der Waals surface area contributed by atoms with Gasteiger partial charge in [-0.3, -0.25) is 4.79 Å². The van der Waals surface area contributed by atoms with Crippen LogP contribution in [0.25, 0.3) is 0 Å². The minimum atomic E-state index is -1.12. The molecule has 0 heterocycles. The molecule has 1 amide bonds. The van der Waals surface area contributed by atoms with Crippen LogP contribution in [0.3, 0.4) is 0 Å². The summed E-state index contributed by atoms with van der Waals surface area (Å²) in [5, 5.41) is 15.0. The minimum absolute atomic E-state index is 0.0170. The fraction of sp³-hybridized carbons (Fsp3) is 0.160. The van der Waals surface area contributed by atoms with E-state index in [0.29, 0.717) is 5.69 Å². The first kappa shape index (κ1) is 23.3. The van der Waals surface area contributed by atoms with Crippen molar-refractivity contribution in [2.45, 2.75) is 20.3 Å². The van der Waals surface area contributed by atoms with Crippen molar-refractivity contribution in [3.8, 4) is 0 Å². The van der Waals surface area contributed by atoms with Gasteiger partial charge in [-0.05, 0) is 67.8 Å². The summed E-state index contributed by atoms with van der Waals surface area (Å²) in [4.78, 5) is 33.1. The molecule has 0 aliphatic carbocycles. The monoisotopic (exact) mass is 418 g/mol. The Morgan fingerprint density at radius 2 is 1.19 bits per heavy atom. The molecule has 3 aromatic carbocycles. The third kappa shape index (κ3) is 7.44. The SMILES string of the molecule is CC(C)=O.CNc1ccc(Cc2ccc(NC(=O)c3ccccc3C(=O)O)cc2)cc1. The third-order valence-electron chi connectivity index (χ3n) is 4.26. The van der Waals surface area contributed by atoms with Crippen LogP contribution in [-0.4, -0.2) is 29.8 Å². The molecule has 0 bridgehead atoms. The fourth-order valence-electron chi connectivity index (χ4n) is 2.80. The standard InChI is InChI=1S/C22H20N2O3.C3H6O/c1-23-17-10-6-15(7-11-17)14-16-8-12-18(13-9-16)24-21(25)19-4-2-3-5-20(19)22(26)27;1-3(2)4/h2-13,23H,14H2,1H3,(H,24,25)(H,26,27);1-2H3. The number of carboxylic acid groups (broad SMARTS) is 1. The molecule has 160 valence electrons. The van der Waals surface area contributed by atoms with E-state index in [1.54, 1.807) is 12.1 Å². The molecular weight excluding hydrogens is 392 g/mol. The Hall–Kier alpha value is -3.93. The molecule has 3 N–H and O–H groups in total. The highest BCUT2D eigenvalue weighted by Crippen LogP contribution is 2.17. The van der Waals surface area contributed by atoms with Gasteiger partial charge >= 0.3 is 5.97 Å². The molecule has 0 aliphatic heterocycles. The van der Waals surface area contributed by atoms with Crippen LogP contribution in [-0.2, 0) is 11.2 Å². The first-order chi connectivity index (χ1) is 14.8. The molecule has 0 radical (unpaired) electrons. The van der Waals surface area contributed by atoms with Crippen molar-refractivity contribution >= 4 is 29.0 Å². The number of ketones is 1. The van der Waals surface area contributed by atoms with Gasteiger partial charge in [-0.15, -0.1) is 0 Å². The maximum Gasteiger partial charge on any atom is 0.336 e. The van der Waals surface area contributed by atoms with Gasteiger partial charge in [-0.1, -0.05) is 36.4 Å². The molecule has 0 fully saturated rings. The molecule has 0 aromatic heterocycles. The molecule has 3 rings (SSSR count). The largest absolute Gasteiger partial charge is 0.478 e. The van der Waals surface area contributed by atoms with E-state index >= 15 is 0 Å². The number of aromatic carboxylic acids is 1. The van der Waals surface area contributed by atoms with Gasteiger partial charge in [0.15, 0.2) is 0 Å². The summed E-state index contributed by atoms with van der Waals surface area (Å²) in [5.74, 6) is -1.40. The summed E-state index contributed by atoms with van der Waals surface area (Å²) in [7, 11) is 1.89. The number of rotatable bonds is 6. The number of anilines is 2. The lowest BCUT2D eigenvalue weighted by atomic mass is 10.0. The van der Waals surface area contributed by atoms with E-state index in [9.17, 15) is 19.5 Å². The molecule has 6 nitrogen and oxygen atoms in total. The van der Waals surface area contributed by atoms with E-state index in [1.165, 1.54) is 31.5 Å². The summed E-state index contributed by atoms with van der Waals surface area (Å²) in [6.07, 6.45) is 0.792. The van der Waals surface area contributed by atoms with Crippen LogP contribution in [0.1, 0.15) is 45.7 Å². The molecule has 0 aliphatic rings. The summed E-state index contributed by atoms with van der Waals surface area (Å²) in [6.45, 7) is 3.06. The molecule has 31 heavy (non-hydrogen) atoms. The van der Waals surface area contributed by atoms with Crippen LogP contribution >= 0.6 is 0 Å². The molecule has 0 saturated heterocycles. The highest BCUT2D eigenvalue weighted by Gasteiger charge is 2.15. The number of hydrogen-bond donors (Lipinski definition) is 3. The van der Waals surface area contributed by atoms with Crippen molar-refractivity contribution in [1.82, 2.24) is 0 Å². The molecule has 0 spiro atoms. The number of Topliss-reactive ketones (excluding diaryl/α,β-unsaturated/α-hetero) is 1. The quantitative estimate of drug-likeness (QED) is 0.531. The lowest BCUT2D eigenvalue weighted by Crippen LogP contribution is -2.16. The van der Waals surface area contributed by atoms with Crippen molar-refractivity contribution in [3.63, 3.8) is 0 Å². The second-order valence-electron chi connectivity index (χ2n) is 7.03. The minimum Gasteiger partial charge on any atom is -0.478 e.